The summed E-state index contributed by atoms with van der Waals surface area (Å²) in [5, 5.41) is 7.83. The summed E-state index contributed by atoms with van der Waals surface area (Å²) >= 11 is 0. The molecular weight excluding hydrogens is 432 g/mol. The molecule has 0 aromatic rings. The lowest BCUT2D eigenvalue weighted by Gasteiger charge is -2.20. The van der Waals surface area contributed by atoms with Crippen LogP contribution in [-0.2, 0) is 38.1 Å². The number of hydrogen-bond acceptors (Lipinski definition) is 8. The predicted octanol–water partition coefficient (Wildman–Crippen LogP) is 3.48. The SMILES string of the molecule is C=C(C)C(=O)OC(C)COC(C)COCC(C)OCC(C)OC(=O)C(=C)C.CC=CC(=O)O. The van der Waals surface area contributed by atoms with Gasteiger partial charge in [0, 0.05) is 17.2 Å². The summed E-state index contributed by atoms with van der Waals surface area (Å²) < 4.78 is 27.0. The average molecular weight is 473 g/mol. The maximum absolute atomic E-state index is 11.4. The number of carbonyl (C=O) groups excluding carboxylic acids is 2. The second-order valence-corrected chi connectivity index (χ2v) is 7.66. The van der Waals surface area contributed by atoms with E-state index in [1.165, 1.54) is 6.08 Å². The minimum atomic E-state index is -0.891. The summed E-state index contributed by atoms with van der Waals surface area (Å²) in [5.41, 5.74) is 0.715. The molecule has 9 heteroatoms. The van der Waals surface area contributed by atoms with Gasteiger partial charge in [0.1, 0.15) is 12.2 Å². The number of aliphatic carboxylic acids is 1. The zero-order valence-electron chi connectivity index (χ0n) is 20.9. The highest BCUT2D eigenvalue weighted by atomic mass is 16.6. The highest BCUT2D eigenvalue weighted by Gasteiger charge is 2.14. The second-order valence-electron chi connectivity index (χ2n) is 7.66. The van der Waals surface area contributed by atoms with E-state index in [9.17, 15) is 14.4 Å². The molecule has 0 radical (unpaired) electrons. The first-order chi connectivity index (χ1) is 15.3. The fourth-order valence-corrected chi connectivity index (χ4v) is 1.87. The lowest BCUT2D eigenvalue weighted by atomic mass is 10.3. The van der Waals surface area contributed by atoms with Crippen molar-refractivity contribution in [3.05, 3.63) is 36.5 Å². The molecule has 0 saturated heterocycles. The molecule has 0 aliphatic heterocycles. The minimum absolute atomic E-state index is 0.154. The van der Waals surface area contributed by atoms with Crippen LogP contribution in [0.25, 0.3) is 0 Å². The number of allylic oxidation sites excluding steroid dienone is 1. The van der Waals surface area contributed by atoms with Crippen molar-refractivity contribution in [2.75, 3.05) is 26.4 Å². The van der Waals surface area contributed by atoms with Gasteiger partial charge in [-0.1, -0.05) is 19.2 Å². The molecule has 0 amide bonds. The van der Waals surface area contributed by atoms with Gasteiger partial charge < -0.3 is 28.8 Å². The van der Waals surface area contributed by atoms with Gasteiger partial charge in [-0.15, -0.1) is 0 Å². The number of carbonyl (C=O) groups is 3. The van der Waals surface area contributed by atoms with Gasteiger partial charge in [-0.05, 0) is 48.5 Å². The van der Waals surface area contributed by atoms with E-state index in [1.807, 2.05) is 13.8 Å². The Labute approximate surface area is 197 Å². The summed E-state index contributed by atoms with van der Waals surface area (Å²) in [6.45, 7) is 20.5. The van der Waals surface area contributed by atoms with Crippen molar-refractivity contribution >= 4 is 17.9 Å². The number of carboxylic acids is 1. The molecule has 0 aromatic heterocycles. The monoisotopic (exact) mass is 472 g/mol. The Bertz CT molecular complexity index is 610. The molecule has 0 aromatic carbocycles. The van der Waals surface area contributed by atoms with Gasteiger partial charge in [0.15, 0.2) is 0 Å². The van der Waals surface area contributed by atoms with Crippen LogP contribution in [0.1, 0.15) is 48.5 Å². The Kier molecular flexibility index (Phi) is 18.8. The number of rotatable bonds is 15. The van der Waals surface area contributed by atoms with E-state index in [1.54, 1.807) is 34.6 Å². The minimum Gasteiger partial charge on any atom is -0.478 e. The van der Waals surface area contributed by atoms with E-state index < -0.39 is 17.9 Å². The molecule has 33 heavy (non-hydrogen) atoms. The van der Waals surface area contributed by atoms with Crippen LogP contribution >= 0.6 is 0 Å². The molecule has 0 spiro atoms. The van der Waals surface area contributed by atoms with Crippen molar-refractivity contribution < 1.29 is 43.2 Å². The van der Waals surface area contributed by atoms with Crippen molar-refractivity contribution in [2.45, 2.75) is 72.9 Å². The third-order valence-electron chi connectivity index (χ3n) is 3.56. The van der Waals surface area contributed by atoms with Crippen LogP contribution in [0.15, 0.2) is 36.5 Å². The Balaban J connectivity index is 0. The molecule has 0 aliphatic carbocycles. The van der Waals surface area contributed by atoms with Gasteiger partial charge in [-0.2, -0.15) is 0 Å². The van der Waals surface area contributed by atoms with E-state index in [2.05, 4.69) is 13.2 Å². The first-order valence-electron chi connectivity index (χ1n) is 10.7. The van der Waals surface area contributed by atoms with Crippen LogP contribution in [-0.4, -0.2) is 73.9 Å². The molecule has 4 unspecified atom stereocenters. The van der Waals surface area contributed by atoms with Crippen molar-refractivity contribution in [1.29, 1.82) is 0 Å². The molecule has 0 aliphatic rings. The summed E-state index contributed by atoms with van der Waals surface area (Å²) in [5.74, 6) is -1.74. The topological polar surface area (TPSA) is 118 Å². The molecule has 0 rings (SSSR count). The Morgan fingerprint density at radius 2 is 1.12 bits per heavy atom. The smallest absolute Gasteiger partial charge is 0.333 e. The van der Waals surface area contributed by atoms with E-state index in [0.717, 1.165) is 6.08 Å². The Morgan fingerprint density at radius 3 is 1.36 bits per heavy atom. The highest BCUT2D eigenvalue weighted by Crippen LogP contribution is 2.04. The molecule has 0 saturated carbocycles. The molecule has 1 N–H and O–H groups in total. The third-order valence-corrected chi connectivity index (χ3v) is 3.56. The van der Waals surface area contributed by atoms with Crippen LogP contribution in [0, 0.1) is 0 Å². The molecule has 0 bridgehead atoms. The van der Waals surface area contributed by atoms with E-state index in [0.29, 0.717) is 24.4 Å². The van der Waals surface area contributed by atoms with Crippen molar-refractivity contribution in [3.63, 3.8) is 0 Å². The van der Waals surface area contributed by atoms with Gasteiger partial charge in [0.05, 0.1) is 38.6 Å². The second kappa shape index (κ2) is 19.0. The van der Waals surface area contributed by atoms with Gasteiger partial charge in [0.25, 0.3) is 0 Å². The zero-order chi connectivity index (χ0) is 26.0. The lowest BCUT2D eigenvalue weighted by molar-refractivity contribution is -0.148. The summed E-state index contributed by atoms with van der Waals surface area (Å²) in [4.78, 5) is 32.3. The van der Waals surface area contributed by atoms with Gasteiger partial charge in [-0.25, -0.2) is 14.4 Å². The molecule has 0 heterocycles. The largest absolute Gasteiger partial charge is 0.478 e. The van der Waals surface area contributed by atoms with E-state index >= 15 is 0 Å². The predicted molar refractivity (Wildman–Crippen MR) is 125 cm³/mol. The van der Waals surface area contributed by atoms with Gasteiger partial charge >= 0.3 is 17.9 Å². The van der Waals surface area contributed by atoms with Crippen LogP contribution in [0.4, 0.5) is 0 Å². The number of carboxylic acid groups (broad SMARTS) is 1. The summed E-state index contributed by atoms with van der Waals surface area (Å²) in [6, 6.07) is 0. The van der Waals surface area contributed by atoms with Crippen LogP contribution in [0.3, 0.4) is 0 Å². The zero-order valence-corrected chi connectivity index (χ0v) is 20.9. The molecule has 4 atom stereocenters. The van der Waals surface area contributed by atoms with Crippen molar-refractivity contribution in [3.8, 4) is 0 Å². The molecule has 0 fully saturated rings. The average Bonchev–Trinajstić information content (AvgIpc) is 2.70. The summed E-state index contributed by atoms with van der Waals surface area (Å²) in [6.07, 6.45) is 1.53. The first-order valence-corrected chi connectivity index (χ1v) is 10.7. The number of esters is 2. The quantitative estimate of drug-likeness (QED) is 0.282. The fraction of sp³-hybridized carbons (Fsp3) is 0.625. The van der Waals surface area contributed by atoms with Crippen LogP contribution < -0.4 is 0 Å². The maximum Gasteiger partial charge on any atom is 0.333 e. The molecular formula is C24H40O9. The highest BCUT2D eigenvalue weighted by molar-refractivity contribution is 5.87. The number of ether oxygens (including phenoxy) is 5. The molecule has 9 nitrogen and oxygen atoms in total. The van der Waals surface area contributed by atoms with Gasteiger partial charge in [0.2, 0.25) is 0 Å². The van der Waals surface area contributed by atoms with Gasteiger partial charge in [-0.3, -0.25) is 0 Å². The van der Waals surface area contributed by atoms with Crippen molar-refractivity contribution in [2.24, 2.45) is 0 Å². The standard InChI is InChI=1S/C20H34O7.C4H6O2/c1-13(2)19(21)26-17(7)11-24-15(5)9-23-10-16(6)25-12-18(8)27-20(22)14(3)4;1-2-3-4(5)6/h15-18H,1,3,9-12H2,2,4-8H3;2-3H,1H3,(H,5,6). The van der Waals surface area contributed by atoms with E-state index in [4.69, 9.17) is 28.8 Å². The first kappa shape index (κ1) is 32.7. The third kappa shape index (κ3) is 21.1. The maximum atomic E-state index is 11.4. The van der Waals surface area contributed by atoms with Crippen molar-refractivity contribution in [1.82, 2.24) is 0 Å². The van der Waals surface area contributed by atoms with Crippen LogP contribution in [0.5, 0.6) is 0 Å². The lowest BCUT2D eigenvalue weighted by Crippen LogP contribution is -2.28. The summed E-state index contributed by atoms with van der Waals surface area (Å²) in [7, 11) is 0. The van der Waals surface area contributed by atoms with Crippen LogP contribution in [0.2, 0.25) is 0 Å². The Hall–Kier alpha value is -2.49. The normalized spacial score (nSPS) is 14.3. The van der Waals surface area contributed by atoms with E-state index in [-0.39, 0.29) is 37.6 Å². The molecule has 190 valence electrons. The number of hydrogen-bond donors (Lipinski definition) is 1. The Morgan fingerprint density at radius 1 is 0.758 bits per heavy atom. The fourth-order valence-electron chi connectivity index (χ4n) is 1.87.